The first-order chi connectivity index (χ1) is 9.48. The lowest BCUT2D eigenvalue weighted by Crippen LogP contribution is -2.45. The monoisotopic (exact) mass is 296 g/mol. The topological polar surface area (TPSA) is 41.6 Å². The molecule has 20 heavy (non-hydrogen) atoms. The summed E-state index contributed by atoms with van der Waals surface area (Å²) in [6, 6.07) is 4.47. The summed E-state index contributed by atoms with van der Waals surface area (Å²) in [4.78, 5) is 15.8. The quantitative estimate of drug-likeness (QED) is 0.927. The third-order valence-electron chi connectivity index (χ3n) is 3.50. The third kappa shape index (κ3) is 4.04. The number of amides is 1. The molecule has 1 aliphatic rings. The van der Waals surface area contributed by atoms with Gasteiger partial charge in [0.05, 0.1) is 19.3 Å². The summed E-state index contributed by atoms with van der Waals surface area (Å²) in [6.07, 6.45) is 0. The summed E-state index contributed by atoms with van der Waals surface area (Å²) in [5.74, 6) is 0.104. The number of morpholine rings is 1. The van der Waals surface area contributed by atoms with E-state index in [1.54, 1.807) is 11.3 Å². The van der Waals surface area contributed by atoms with Crippen LogP contribution in [-0.4, -0.2) is 43.7 Å². The van der Waals surface area contributed by atoms with Crippen molar-refractivity contribution in [3.8, 4) is 0 Å². The molecule has 1 unspecified atom stereocenters. The Morgan fingerprint density at radius 1 is 1.45 bits per heavy atom. The van der Waals surface area contributed by atoms with E-state index in [0.29, 0.717) is 6.54 Å². The van der Waals surface area contributed by atoms with Crippen molar-refractivity contribution in [2.75, 3.05) is 32.8 Å². The number of hydrogen-bond donors (Lipinski definition) is 1. The normalized spacial score (nSPS) is 18.8. The average Bonchev–Trinajstić information content (AvgIpc) is 2.93. The molecule has 1 aliphatic heterocycles. The van der Waals surface area contributed by atoms with Crippen LogP contribution in [0.1, 0.15) is 31.7 Å². The fourth-order valence-corrected chi connectivity index (χ4v) is 3.10. The van der Waals surface area contributed by atoms with Gasteiger partial charge in [0.15, 0.2) is 0 Å². The van der Waals surface area contributed by atoms with Crippen LogP contribution in [0.15, 0.2) is 17.5 Å². The Morgan fingerprint density at radius 3 is 2.70 bits per heavy atom. The zero-order valence-corrected chi connectivity index (χ0v) is 13.3. The summed E-state index contributed by atoms with van der Waals surface area (Å²) in [7, 11) is 0. The second kappa shape index (κ2) is 6.70. The standard InChI is InChI=1S/C15H24N2O2S/c1-15(2,3)14(18)16-11-12(13-5-4-10-20-13)17-6-8-19-9-7-17/h4-5,10,12H,6-9,11H2,1-3H3,(H,16,18). The van der Waals surface area contributed by atoms with E-state index in [2.05, 4.69) is 27.7 Å². The smallest absolute Gasteiger partial charge is 0.225 e. The van der Waals surface area contributed by atoms with Crippen molar-refractivity contribution in [3.05, 3.63) is 22.4 Å². The van der Waals surface area contributed by atoms with E-state index >= 15 is 0 Å². The van der Waals surface area contributed by atoms with Gasteiger partial charge in [-0.1, -0.05) is 26.8 Å². The summed E-state index contributed by atoms with van der Waals surface area (Å²) in [5, 5.41) is 5.19. The van der Waals surface area contributed by atoms with E-state index in [9.17, 15) is 4.79 Å². The fraction of sp³-hybridized carbons (Fsp3) is 0.667. The van der Waals surface area contributed by atoms with Crippen molar-refractivity contribution in [1.29, 1.82) is 0 Å². The summed E-state index contributed by atoms with van der Waals surface area (Å²) in [5.41, 5.74) is -0.342. The molecular formula is C15H24N2O2S. The molecule has 4 nitrogen and oxygen atoms in total. The Kier molecular flexibility index (Phi) is 5.18. The molecule has 2 rings (SSSR count). The summed E-state index contributed by atoms with van der Waals surface area (Å²) < 4.78 is 5.42. The number of carbonyl (C=O) groups excluding carboxylic acids is 1. The van der Waals surface area contributed by atoms with Gasteiger partial charge in [-0.15, -0.1) is 11.3 Å². The third-order valence-corrected chi connectivity index (χ3v) is 4.47. The molecule has 0 bridgehead atoms. The van der Waals surface area contributed by atoms with Crippen molar-refractivity contribution < 1.29 is 9.53 Å². The van der Waals surface area contributed by atoms with E-state index in [1.807, 2.05) is 20.8 Å². The highest BCUT2D eigenvalue weighted by Gasteiger charge is 2.26. The molecule has 1 N–H and O–H groups in total. The predicted molar refractivity (Wildman–Crippen MR) is 81.9 cm³/mol. The van der Waals surface area contributed by atoms with Gasteiger partial charge in [0.25, 0.3) is 0 Å². The lowest BCUT2D eigenvalue weighted by Gasteiger charge is -2.34. The average molecular weight is 296 g/mol. The molecule has 2 heterocycles. The van der Waals surface area contributed by atoms with E-state index < -0.39 is 0 Å². The zero-order valence-electron chi connectivity index (χ0n) is 12.5. The highest BCUT2D eigenvalue weighted by atomic mass is 32.1. The molecule has 1 aromatic rings. The van der Waals surface area contributed by atoms with Gasteiger partial charge in [0.1, 0.15) is 0 Å². The first-order valence-corrected chi connectivity index (χ1v) is 8.00. The van der Waals surface area contributed by atoms with Gasteiger partial charge < -0.3 is 10.1 Å². The maximum absolute atomic E-state index is 12.1. The van der Waals surface area contributed by atoms with Crippen LogP contribution in [-0.2, 0) is 9.53 Å². The number of thiophene rings is 1. The van der Waals surface area contributed by atoms with Crippen LogP contribution >= 0.6 is 11.3 Å². The molecule has 1 fully saturated rings. The molecule has 1 amide bonds. The van der Waals surface area contributed by atoms with Crippen molar-refractivity contribution in [1.82, 2.24) is 10.2 Å². The van der Waals surface area contributed by atoms with Gasteiger partial charge in [-0.3, -0.25) is 9.69 Å². The van der Waals surface area contributed by atoms with Crippen molar-refractivity contribution in [2.24, 2.45) is 5.41 Å². The minimum Gasteiger partial charge on any atom is -0.379 e. The molecule has 0 radical (unpaired) electrons. The summed E-state index contributed by atoms with van der Waals surface area (Å²) >= 11 is 1.75. The number of ether oxygens (including phenoxy) is 1. The lowest BCUT2D eigenvalue weighted by molar-refractivity contribution is -0.128. The second-order valence-corrected chi connectivity index (χ2v) is 7.12. The SMILES string of the molecule is CC(C)(C)C(=O)NCC(c1cccs1)N1CCOCC1. The van der Waals surface area contributed by atoms with Crippen LogP contribution in [0.2, 0.25) is 0 Å². The second-order valence-electron chi connectivity index (χ2n) is 6.14. The molecular weight excluding hydrogens is 272 g/mol. The minimum absolute atomic E-state index is 0.104. The van der Waals surface area contributed by atoms with Crippen molar-refractivity contribution >= 4 is 17.2 Å². The van der Waals surface area contributed by atoms with Gasteiger partial charge in [-0.05, 0) is 11.4 Å². The van der Waals surface area contributed by atoms with Crippen LogP contribution in [0.25, 0.3) is 0 Å². The lowest BCUT2D eigenvalue weighted by atomic mass is 9.95. The van der Waals surface area contributed by atoms with E-state index in [-0.39, 0.29) is 17.4 Å². The number of hydrogen-bond acceptors (Lipinski definition) is 4. The zero-order chi connectivity index (χ0) is 14.6. The number of nitrogens with zero attached hydrogens (tertiary/aromatic N) is 1. The Morgan fingerprint density at radius 2 is 2.15 bits per heavy atom. The number of carbonyl (C=O) groups is 1. The van der Waals surface area contributed by atoms with Gasteiger partial charge in [-0.2, -0.15) is 0 Å². The van der Waals surface area contributed by atoms with Crippen LogP contribution in [0.3, 0.4) is 0 Å². The molecule has 0 spiro atoms. The molecule has 1 atom stereocenters. The largest absolute Gasteiger partial charge is 0.379 e. The first kappa shape index (κ1) is 15.5. The fourth-order valence-electron chi connectivity index (χ4n) is 2.23. The molecule has 0 aliphatic carbocycles. The molecule has 1 aromatic heterocycles. The van der Waals surface area contributed by atoms with Gasteiger partial charge in [-0.25, -0.2) is 0 Å². The van der Waals surface area contributed by atoms with E-state index in [0.717, 1.165) is 26.3 Å². The number of nitrogens with one attached hydrogen (secondary N) is 1. The van der Waals surface area contributed by atoms with E-state index in [1.165, 1.54) is 4.88 Å². The van der Waals surface area contributed by atoms with Crippen molar-refractivity contribution in [2.45, 2.75) is 26.8 Å². The van der Waals surface area contributed by atoms with Crippen LogP contribution in [0.4, 0.5) is 0 Å². The Bertz CT molecular complexity index is 420. The van der Waals surface area contributed by atoms with Gasteiger partial charge in [0.2, 0.25) is 5.91 Å². The molecule has 1 saturated heterocycles. The van der Waals surface area contributed by atoms with Crippen LogP contribution in [0.5, 0.6) is 0 Å². The molecule has 0 aromatic carbocycles. The molecule has 112 valence electrons. The Balaban J connectivity index is 2.02. The highest BCUT2D eigenvalue weighted by Crippen LogP contribution is 2.25. The predicted octanol–water partition coefficient (Wildman–Crippen LogP) is 2.28. The van der Waals surface area contributed by atoms with Gasteiger partial charge in [0, 0.05) is 29.9 Å². The minimum atomic E-state index is -0.342. The van der Waals surface area contributed by atoms with Gasteiger partial charge >= 0.3 is 0 Å². The van der Waals surface area contributed by atoms with Crippen LogP contribution < -0.4 is 5.32 Å². The molecule has 0 saturated carbocycles. The van der Waals surface area contributed by atoms with E-state index in [4.69, 9.17) is 4.74 Å². The number of rotatable bonds is 4. The maximum Gasteiger partial charge on any atom is 0.225 e. The first-order valence-electron chi connectivity index (χ1n) is 7.12. The van der Waals surface area contributed by atoms with Crippen LogP contribution in [0, 0.1) is 5.41 Å². The maximum atomic E-state index is 12.1. The molecule has 5 heteroatoms. The highest BCUT2D eigenvalue weighted by molar-refractivity contribution is 7.10. The Labute approximate surface area is 125 Å². The van der Waals surface area contributed by atoms with Crippen molar-refractivity contribution in [3.63, 3.8) is 0 Å². The Hall–Kier alpha value is -0.910. The summed E-state index contributed by atoms with van der Waals surface area (Å²) in [6.45, 7) is 9.88.